The van der Waals surface area contributed by atoms with Crippen LogP contribution in [-0.2, 0) is 17.9 Å². The summed E-state index contributed by atoms with van der Waals surface area (Å²) in [6, 6.07) is 11.1. The van der Waals surface area contributed by atoms with E-state index in [4.69, 9.17) is 23.5 Å². The van der Waals surface area contributed by atoms with Crippen molar-refractivity contribution < 1.29 is 28.3 Å². The summed E-state index contributed by atoms with van der Waals surface area (Å²) in [7, 11) is 3.17. The summed E-state index contributed by atoms with van der Waals surface area (Å²) >= 11 is 0. The van der Waals surface area contributed by atoms with Crippen LogP contribution in [0.5, 0.6) is 23.0 Å². The van der Waals surface area contributed by atoms with Crippen LogP contribution in [0, 0.1) is 13.8 Å². The highest BCUT2D eigenvalue weighted by Crippen LogP contribution is 2.30. The molecular weight excluding hydrogens is 448 g/mol. The predicted octanol–water partition coefficient (Wildman–Crippen LogP) is 5.01. The normalized spacial score (nSPS) is 10.9. The third-order valence-electron chi connectivity index (χ3n) is 5.32. The molecule has 1 N–H and O–H groups in total. The molecule has 8 heteroatoms. The van der Waals surface area contributed by atoms with Crippen LogP contribution in [0.4, 0.5) is 0 Å². The van der Waals surface area contributed by atoms with E-state index < -0.39 is 0 Å². The lowest BCUT2D eigenvalue weighted by atomic mass is 10.1. The van der Waals surface area contributed by atoms with Gasteiger partial charge in [0, 0.05) is 12.6 Å². The van der Waals surface area contributed by atoms with Crippen LogP contribution >= 0.6 is 0 Å². The molecule has 0 saturated carbocycles. The van der Waals surface area contributed by atoms with E-state index >= 15 is 0 Å². The van der Waals surface area contributed by atoms with Crippen LogP contribution in [0.2, 0.25) is 0 Å². The van der Waals surface area contributed by atoms with Gasteiger partial charge in [-0.2, -0.15) is 0 Å². The lowest BCUT2D eigenvalue weighted by molar-refractivity contribution is -0.116. The molecule has 0 atom stereocenters. The van der Waals surface area contributed by atoms with Crippen molar-refractivity contribution in [1.82, 2.24) is 10.5 Å². The van der Waals surface area contributed by atoms with Crippen LogP contribution in [-0.4, -0.2) is 31.9 Å². The molecule has 35 heavy (non-hydrogen) atoms. The molecule has 3 rings (SSSR count). The summed E-state index contributed by atoms with van der Waals surface area (Å²) in [5, 5.41) is 6.82. The van der Waals surface area contributed by atoms with Gasteiger partial charge in [-0.1, -0.05) is 24.2 Å². The number of nitrogens with one attached hydrogen (secondary N) is 1. The molecule has 186 valence electrons. The van der Waals surface area contributed by atoms with Gasteiger partial charge in [0.15, 0.2) is 23.0 Å². The van der Waals surface area contributed by atoms with Gasteiger partial charge >= 0.3 is 0 Å². The van der Waals surface area contributed by atoms with Gasteiger partial charge in [0.1, 0.15) is 12.4 Å². The van der Waals surface area contributed by atoms with Gasteiger partial charge in [-0.05, 0) is 61.7 Å². The molecule has 8 nitrogen and oxygen atoms in total. The highest BCUT2D eigenvalue weighted by Gasteiger charge is 2.12. The summed E-state index contributed by atoms with van der Waals surface area (Å²) in [5.41, 5.74) is 3.43. The number of methoxy groups -OCH3 is 2. The Morgan fingerprint density at radius 1 is 1.00 bits per heavy atom. The van der Waals surface area contributed by atoms with Gasteiger partial charge in [-0.25, -0.2) is 0 Å². The van der Waals surface area contributed by atoms with E-state index in [0.29, 0.717) is 42.8 Å². The summed E-state index contributed by atoms with van der Waals surface area (Å²) < 4.78 is 27.6. The number of carbonyl (C=O) groups is 1. The zero-order chi connectivity index (χ0) is 25.2. The lowest BCUT2D eigenvalue weighted by Crippen LogP contribution is -2.20. The summed E-state index contributed by atoms with van der Waals surface area (Å²) in [6.45, 7) is 7.08. The van der Waals surface area contributed by atoms with E-state index in [0.717, 1.165) is 34.6 Å². The number of carbonyl (C=O) groups excluding carboxylic acids is 1. The number of ether oxygens (including phenoxy) is 4. The van der Waals surface area contributed by atoms with Gasteiger partial charge in [-0.15, -0.1) is 0 Å². The average molecular weight is 481 g/mol. The molecule has 0 radical (unpaired) electrons. The number of aromatic nitrogens is 1. The zero-order valence-corrected chi connectivity index (χ0v) is 20.8. The topological polar surface area (TPSA) is 92.1 Å². The van der Waals surface area contributed by atoms with E-state index in [-0.39, 0.29) is 5.91 Å². The number of aryl methyl sites for hydroxylation is 2. The summed E-state index contributed by atoms with van der Waals surface area (Å²) in [6.07, 6.45) is 4.12. The number of hydrogen-bond donors (Lipinski definition) is 1. The quantitative estimate of drug-likeness (QED) is 0.365. The first-order valence-electron chi connectivity index (χ1n) is 11.4. The molecule has 0 aliphatic rings. The summed E-state index contributed by atoms with van der Waals surface area (Å²) in [4.78, 5) is 12.3. The SMILES string of the molecule is CCCOc1ccc(CNC(=O)/C=C/c2ccc(OCc3c(C)noc3C)c(OC)c2)cc1OC. The molecule has 3 aromatic rings. The largest absolute Gasteiger partial charge is 0.493 e. The standard InChI is InChI=1S/C27H32N2O6/c1-6-13-33-23-11-8-21(15-26(23)32-5)16-28-27(30)12-9-20-7-10-24(25(14-20)31-4)34-17-22-18(2)29-35-19(22)3/h7-12,14-15H,6,13,16-17H2,1-5H3,(H,28,30)/b12-9+. The molecule has 0 unspecified atom stereocenters. The molecule has 1 heterocycles. The van der Waals surface area contributed by atoms with E-state index in [1.807, 2.05) is 57.2 Å². The second-order valence-corrected chi connectivity index (χ2v) is 7.89. The van der Waals surface area contributed by atoms with Crippen LogP contribution in [0.15, 0.2) is 47.0 Å². The molecular formula is C27H32N2O6. The minimum atomic E-state index is -0.215. The monoisotopic (exact) mass is 480 g/mol. The van der Waals surface area contributed by atoms with Gasteiger partial charge < -0.3 is 28.8 Å². The predicted molar refractivity (Wildman–Crippen MR) is 133 cm³/mol. The highest BCUT2D eigenvalue weighted by atomic mass is 16.5. The van der Waals surface area contributed by atoms with Crippen molar-refractivity contribution in [3.63, 3.8) is 0 Å². The molecule has 0 bridgehead atoms. The van der Waals surface area contributed by atoms with E-state index in [1.54, 1.807) is 20.3 Å². The third-order valence-corrected chi connectivity index (χ3v) is 5.32. The van der Waals surface area contributed by atoms with E-state index in [1.165, 1.54) is 6.08 Å². The second-order valence-electron chi connectivity index (χ2n) is 7.89. The maximum Gasteiger partial charge on any atom is 0.244 e. The maximum absolute atomic E-state index is 12.3. The van der Waals surface area contributed by atoms with E-state index in [9.17, 15) is 4.79 Å². The number of benzene rings is 2. The van der Waals surface area contributed by atoms with Gasteiger partial charge in [0.05, 0.1) is 32.1 Å². The van der Waals surface area contributed by atoms with Crippen LogP contribution in [0.1, 0.15) is 41.5 Å². The first-order valence-corrected chi connectivity index (χ1v) is 11.4. The molecule has 0 aliphatic carbocycles. The smallest absolute Gasteiger partial charge is 0.244 e. The van der Waals surface area contributed by atoms with Crippen molar-refractivity contribution in [1.29, 1.82) is 0 Å². The molecule has 1 amide bonds. The lowest BCUT2D eigenvalue weighted by Gasteiger charge is -2.12. The fraction of sp³-hybridized carbons (Fsp3) is 0.333. The van der Waals surface area contributed by atoms with Gasteiger partial charge in [0.25, 0.3) is 0 Å². The Bertz CT molecular complexity index is 1150. The number of rotatable bonds is 12. The van der Waals surface area contributed by atoms with Crippen molar-refractivity contribution in [2.75, 3.05) is 20.8 Å². The Labute approximate surface area is 205 Å². The van der Waals surface area contributed by atoms with Gasteiger partial charge in [-0.3, -0.25) is 4.79 Å². The number of nitrogens with zero attached hydrogens (tertiary/aromatic N) is 1. The third kappa shape index (κ3) is 7.02. The molecule has 0 fully saturated rings. The summed E-state index contributed by atoms with van der Waals surface area (Å²) in [5.74, 6) is 3.01. The average Bonchev–Trinajstić information content (AvgIpc) is 3.20. The van der Waals surface area contributed by atoms with E-state index in [2.05, 4.69) is 10.5 Å². The maximum atomic E-state index is 12.3. The minimum absolute atomic E-state index is 0.215. The first kappa shape index (κ1) is 25.7. The van der Waals surface area contributed by atoms with Crippen LogP contribution in [0.3, 0.4) is 0 Å². The first-order chi connectivity index (χ1) is 16.9. The molecule has 0 aliphatic heterocycles. The van der Waals surface area contributed by atoms with Crippen molar-refractivity contribution in [3.05, 3.63) is 70.6 Å². The minimum Gasteiger partial charge on any atom is -0.493 e. The number of amides is 1. The van der Waals surface area contributed by atoms with Gasteiger partial charge in [0.2, 0.25) is 5.91 Å². The fourth-order valence-corrected chi connectivity index (χ4v) is 3.34. The Morgan fingerprint density at radius 3 is 2.40 bits per heavy atom. The van der Waals surface area contributed by atoms with Crippen molar-refractivity contribution in [3.8, 4) is 23.0 Å². The van der Waals surface area contributed by atoms with Crippen molar-refractivity contribution in [2.24, 2.45) is 0 Å². The van der Waals surface area contributed by atoms with Crippen LogP contribution in [0.25, 0.3) is 6.08 Å². The molecule has 2 aromatic carbocycles. The highest BCUT2D eigenvalue weighted by molar-refractivity contribution is 5.91. The number of hydrogen-bond acceptors (Lipinski definition) is 7. The van der Waals surface area contributed by atoms with Crippen LogP contribution < -0.4 is 24.3 Å². The molecule has 0 saturated heterocycles. The molecule has 0 spiro atoms. The Morgan fingerprint density at radius 2 is 1.71 bits per heavy atom. The molecule has 1 aromatic heterocycles. The second kappa shape index (κ2) is 12.5. The zero-order valence-electron chi connectivity index (χ0n) is 20.8. The van der Waals surface area contributed by atoms with Crippen molar-refractivity contribution >= 4 is 12.0 Å². The Balaban J connectivity index is 1.57. The Kier molecular flexibility index (Phi) is 9.17. The fourth-order valence-electron chi connectivity index (χ4n) is 3.34. The Hall–Kier alpha value is -3.94. The van der Waals surface area contributed by atoms with Crippen molar-refractivity contribution in [2.45, 2.75) is 40.3 Å².